The lowest BCUT2D eigenvalue weighted by atomic mass is 10.1. The number of non-ortho nitro benzene ring substituents is 1. The van der Waals surface area contributed by atoms with Gasteiger partial charge >= 0.3 is 0 Å². The van der Waals surface area contributed by atoms with E-state index in [2.05, 4.69) is 0 Å². The highest BCUT2D eigenvalue weighted by atomic mass is 16.6. The number of nitrogens with zero attached hydrogens (tertiary/aromatic N) is 2. The van der Waals surface area contributed by atoms with Crippen LogP contribution >= 0.6 is 0 Å². The van der Waals surface area contributed by atoms with Crippen LogP contribution in [0, 0.1) is 10.1 Å². The fraction of sp³-hybridized carbons (Fsp3) is 0.222. The van der Waals surface area contributed by atoms with E-state index in [0.29, 0.717) is 6.29 Å². The van der Waals surface area contributed by atoms with Crippen LogP contribution in [0.5, 0.6) is 5.75 Å². The topological polar surface area (TPSA) is 89.8 Å². The molecule has 0 bridgehead atoms. The summed E-state index contributed by atoms with van der Waals surface area (Å²) in [6.07, 6.45) is 1.25. The number of aldehydes is 1. The molecule has 0 fully saturated rings. The highest BCUT2D eigenvalue weighted by Gasteiger charge is 2.30. The molecule has 3 rings (SSSR count). The molecule has 0 saturated heterocycles. The molecule has 0 aromatic heterocycles. The Kier molecular flexibility index (Phi) is 4.47. The zero-order valence-electron chi connectivity index (χ0n) is 13.5. The van der Waals surface area contributed by atoms with E-state index < -0.39 is 4.92 Å². The zero-order valence-corrected chi connectivity index (χ0v) is 13.5. The number of carbonyl (C=O) groups excluding carboxylic acids is 2. The van der Waals surface area contributed by atoms with E-state index in [0.717, 1.165) is 23.7 Å². The molecule has 2 aromatic rings. The first-order valence-corrected chi connectivity index (χ1v) is 7.77. The van der Waals surface area contributed by atoms with E-state index in [1.54, 1.807) is 4.90 Å². The van der Waals surface area contributed by atoms with Gasteiger partial charge in [-0.15, -0.1) is 0 Å². The molecule has 0 N–H and O–H groups in total. The van der Waals surface area contributed by atoms with Crippen LogP contribution in [0.4, 0.5) is 11.4 Å². The average Bonchev–Trinajstić information content (AvgIpc) is 2.95. The first-order chi connectivity index (χ1) is 12.0. The highest BCUT2D eigenvalue weighted by Crippen LogP contribution is 2.32. The normalized spacial score (nSPS) is 15.6. The van der Waals surface area contributed by atoms with E-state index in [1.165, 1.54) is 12.1 Å². The number of para-hydroxylation sites is 1. The Hall–Kier alpha value is -3.22. The van der Waals surface area contributed by atoms with Crippen molar-refractivity contribution in [2.75, 3.05) is 11.5 Å². The van der Waals surface area contributed by atoms with Crippen LogP contribution in [0.3, 0.4) is 0 Å². The van der Waals surface area contributed by atoms with Crippen molar-refractivity contribution in [1.82, 2.24) is 0 Å². The Balaban J connectivity index is 1.75. The number of rotatable bonds is 5. The third kappa shape index (κ3) is 3.21. The molecule has 1 aliphatic heterocycles. The van der Waals surface area contributed by atoms with Crippen molar-refractivity contribution in [1.29, 1.82) is 0 Å². The van der Waals surface area contributed by atoms with Crippen molar-refractivity contribution < 1.29 is 19.2 Å². The lowest BCUT2D eigenvalue weighted by Crippen LogP contribution is -2.39. The first kappa shape index (κ1) is 16.6. The molecule has 2 aromatic carbocycles. The molecule has 7 nitrogen and oxygen atoms in total. The SMILES string of the molecule is C[C@@H]1Cc2ccccc2N1C(=O)COc1ccc([N+](=O)[O-])cc1C=O. The minimum Gasteiger partial charge on any atom is -0.483 e. The second-order valence-corrected chi connectivity index (χ2v) is 5.83. The first-order valence-electron chi connectivity index (χ1n) is 7.77. The van der Waals surface area contributed by atoms with Gasteiger partial charge in [-0.25, -0.2) is 0 Å². The lowest BCUT2D eigenvalue weighted by Gasteiger charge is -2.22. The van der Waals surface area contributed by atoms with Gasteiger partial charge in [-0.05, 0) is 31.0 Å². The van der Waals surface area contributed by atoms with Crippen molar-refractivity contribution in [2.24, 2.45) is 0 Å². The van der Waals surface area contributed by atoms with Crippen molar-refractivity contribution in [3.8, 4) is 5.75 Å². The third-order valence-electron chi connectivity index (χ3n) is 4.16. The molecular weight excluding hydrogens is 324 g/mol. The summed E-state index contributed by atoms with van der Waals surface area (Å²) in [6.45, 7) is 1.71. The number of hydrogen-bond donors (Lipinski definition) is 0. The molecule has 0 saturated carbocycles. The second kappa shape index (κ2) is 6.72. The van der Waals surface area contributed by atoms with E-state index >= 15 is 0 Å². The van der Waals surface area contributed by atoms with Gasteiger partial charge in [0.2, 0.25) is 0 Å². The number of nitro groups is 1. The number of hydrogen-bond acceptors (Lipinski definition) is 5. The van der Waals surface area contributed by atoms with Gasteiger partial charge in [-0.3, -0.25) is 19.7 Å². The van der Waals surface area contributed by atoms with Crippen LogP contribution in [-0.4, -0.2) is 29.8 Å². The fourth-order valence-corrected chi connectivity index (χ4v) is 3.03. The molecular formula is C18H16N2O5. The van der Waals surface area contributed by atoms with Gasteiger partial charge < -0.3 is 9.64 Å². The molecule has 1 amide bonds. The van der Waals surface area contributed by atoms with E-state index in [-0.39, 0.29) is 35.6 Å². The smallest absolute Gasteiger partial charge is 0.270 e. The predicted octanol–water partition coefficient (Wildman–Crippen LogP) is 2.76. The summed E-state index contributed by atoms with van der Waals surface area (Å²) in [7, 11) is 0. The van der Waals surface area contributed by atoms with Gasteiger partial charge in [-0.2, -0.15) is 0 Å². The summed E-state index contributed by atoms with van der Waals surface area (Å²) in [4.78, 5) is 35.5. The molecule has 1 heterocycles. The lowest BCUT2D eigenvalue weighted by molar-refractivity contribution is -0.384. The number of ether oxygens (including phenoxy) is 1. The molecule has 7 heteroatoms. The number of fused-ring (bicyclic) bond motifs is 1. The molecule has 25 heavy (non-hydrogen) atoms. The minimum absolute atomic E-state index is 0.0240. The van der Waals surface area contributed by atoms with Gasteiger partial charge in [0, 0.05) is 23.9 Å². The maximum absolute atomic E-state index is 12.6. The maximum atomic E-state index is 12.6. The Labute approximate surface area is 144 Å². The van der Waals surface area contributed by atoms with Gasteiger partial charge in [0.05, 0.1) is 10.5 Å². The molecule has 0 spiro atoms. The summed E-state index contributed by atoms with van der Waals surface area (Å²) in [5.41, 5.74) is 1.80. The number of anilines is 1. The van der Waals surface area contributed by atoms with E-state index in [4.69, 9.17) is 4.74 Å². The molecule has 1 atom stereocenters. The van der Waals surface area contributed by atoms with Crippen molar-refractivity contribution in [3.63, 3.8) is 0 Å². The van der Waals surface area contributed by atoms with Crippen LogP contribution in [0.25, 0.3) is 0 Å². The minimum atomic E-state index is -0.592. The fourth-order valence-electron chi connectivity index (χ4n) is 3.03. The van der Waals surface area contributed by atoms with Crippen LogP contribution < -0.4 is 9.64 Å². The highest BCUT2D eigenvalue weighted by molar-refractivity contribution is 5.97. The van der Waals surface area contributed by atoms with Crippen LogP contribution in [0.1, 0.15) is 22.8 Å². The van der Waals surface area contributed by atoms with Gasteiger partial charge in [0.25, 0.3) is 11.6 Å². The Bertz CT molecular complexity index is 849. The predicted molar refractivity (Wildman–Crippen MR) is 91.1 cm³/mol. The molecule has 0 radical (unpaired) electrons. The van der Waals surface area contributed by atoms with Crippen molar-refractivity contribution in [2.45, 2.75) is 19.4 Å². The van der Waals surface area contributed by atoms with Crippen molar-refractivity contribution in [3.05, 3.63) is 63.7 Å². The number of benzene rings is 2. The van der Waals surface area contributed by atoms with Crippen LogP contribution in [0.15, 0.2) is 42.5 Å². The van der Waals surface area contributed by atoms with Gasteiger partial charge in [0.15, 0.2) is 12.9 Å². The number of nitro benzene ring substituents is 1. The largest absolute Gasteiger partial charge is 0.483 e. The van der Waals surface area contributed by atoms with Crippen molar-refractivity contribution >= 4 is 23.6 Å². The third-order valence-corrected chi connectivity index (χ3v) is 4.16. The molecule has 1 aliphatic rings. The average molecular weight is 340 g/mol. The number of carbonyl (C=O) groups is 2. The Morgan fingerprint density at radius 3 is 2.84 bits per heavy atom. The van der Waals surface area contributed by atoms with E-state index in [1.807, 2.05) is 31.2 Å². The standard InChI is InChI=1S/C18H16N2O5/c1-12-8-13-4-2-3-5-16(13)19(12)18(22)11-25-17-7-6-15(20(23)24)9-14(17)10-21/h2-7,9-10,12H,8,11H2,1H3/t12-/m1/s1. The Morgan fingerprint density at radius 1 is 1.36 bits per heavy atom. The van der Waals surface area contributed by atoms with Gasteiger partial charge in [0.1, 0.15) is 5.75 Å². The monoisotopic (exact) mass is 340 g/mol. The summed E-state index contributed by atoms with van der Waals surface area (Å²) in [5, 5.41) is 10.8. The molecule has 0 unspecified atom stereocenters. The maximum Gasteiger partial charge on any atom is 0.270 e. The second-order valence-electron chi connectivity index (χ2n) is 5.83. The summed E-state index contributed by atoms with van der Waals surface area (Å²) in [5.74, 6) is -0.0817. The Morgan fingerprint density at radius 2 is 2.12 bits per heavy atom. The van der Waals surface area contributed by atoms with E-state index in [9.17, 15) is 19.7 Å². The van der Waals surface area contributed by atoms with Crippen LogP contribution in [-0.2, 0) is 11.2 Å². The quantitative estimate of drug-likeness (QED) is 0.474. The molecule has 0 aliphatic carbocycles. The summed E-state index contributed by atoms with van der Waals surface area (Å²) in [6, 6.07) is 11.4. The van der Waals surface area contributed by atoms with Gasteiger partial charge in [-0.1, -0.05) is 18.2 Å². The summed E-state index contributed by atoms with van der Waals surface area (Å²) >= 11 is 0. The molecule has 128 valence electrons. The number of amides is 1. The summed E-state index contributed by atoms with van der Waals surface area (Å²) < 4.78 is 5.46. The van der Waals surface area contributed by atoms with Crippen LogP contribution in [0.2, 0.25) is 0 Å². The zero-order chi connectivity index (χ0) is 18.0.